The molecule has 3 aromatic rings. The van der Waals surface area contributed by atoms with E-state index < -0.39 is 5.97 Å². The highest BCUT2D eigenvalue weighted by Crippen LogP contribution is 2.24. The molecule has 1 N–H and O–H groups in total. The topological polar surface area (TPSA) is 59.4 Å². The van der Waals surface area contributed by atoms with Crippen LogP contribution in [0.2, 0.25) is 0 Å². The van der Waals surface area contributed by atoms with Gasteiger partial charge in [0.05, 0.1) is 5.69 Å². The third kappa shape index (κ3) is 3.22. The summed E-state index contributed by atoms with van der Waals surface area (Å²) in [6, 6.07) is 11.9. The summed E-state index contributed by atoms with van der Waals surface area (Å²) < 4.78 is 6.70. The van der Waals surface area contributed by atoms with Crippen LogP contribution in [-0.2, 0) is 6.61 Å². The van der Waals surface area contributed by atoms with Crippen molar-refractivity contribution < 1.29 is 14.6 Å². The van der Waals surface area contributed by atoms with Crippen molar-refractivity contribution in [1.29, 1.82) is 0 Å². The van der Waals surface area contributed by atoms with Gasteiger partial charge in [0.25, 0.3) is 0 Å². The van der Waals surface area contributed by atoms with Gasteiger partial charge in [-0.25, -0.2) is 9.78 Å². The van der Waals surface area contributed by atoms with Crippen molar-refractivity contribution in [2.24, 2.45) is 0 Å². The molecule has 2 aromatic carbocycles. The first kappa shape index (κ1) is 14.0. The van der Waals surface area contributed by atoms with E-state index in [0.717, 1.165) is 32.3 Å². The lowest BCUT2D eigenvalue weighted by molar-refractivity contribution is 0.0696. The summed E-state index contributed by atoms with van der Waals surface area (Å²) in [5, 5.41) is 12.8. The van der Waals surface area contributed by atoms with Crippen LogP contribution in [0.25, 0.3) is 10.8 Å². The number of benzene rings is 2. The van der Waals surface area contributed by atoms with Gasteiger partial charge in [0.2, 0.25) is 5.01 Å². The van der Waals surface area contributed by atoms with Crippen molar-refractivity contribution in [1.82, 2.24) is 4.98 Å². The fourth-order valence-corrected chi connectivity index (χ4v) is 2.93. The third-order valence-corrected chi connectivity index (χ3v) is 4.27. The van der Waals surface area contributed by atoms with Crippen molar-refractivity contribution in [2.75, 3.05) is 0 Å². The quantitative estimate of drug-likeness (QED) is 0.748. The first-order valence-electron chi connectivity index (χ1n) is 6.11. The number of thiazole rings is 1. The van der Waals surface area contributed by atoms with E-state index in [1.54, 1.807) is 5.38 Å². The SMILES string of the molecule is O=C(O)c1nc(COc2ccc3cc(Br)ccc3c2)cs1. The number of hydrogen-bond acceptors (Lipinski definition) is 4. The molecule has 0 unspecified atom stereocenters. The minimum Gasteiger partial charge on any atom is -0.487 e. The van der Waals surface area contributed by atoms with Crippen molar-refractivity contribution in [3.63, 3.8) is 0 Å². The standard InChI is InChI=1S/C15H10BrNO3S/c16-11-3-1-10-6-13(4-2-9(10)5-11)20-7-12-8-21-14(17-12)15(18)19/h1-6,8H,7H2,(H,18,19). The van der Waals surface area contributed by atoms with Gasteiger partial charge < -0.3 is 9.84 Å². The van der Waals surface area contributed by atoms with Crippen molar-refractivity contribution >= 4 is 44.0 Å². The molecular formula is C15H10BrNO3S. The Kier molecular flexibility index (Phi) is 3.90. The molecule has 1 aromatic heterocycles. The molecule has 3 rings (SSSR count). The highest BCUT2D eigenvalue weighted by Gasteiger charge is 2.09. The lowest BCUT2D eigenvalue weighted by atomic mass is 10.1. The predicted molar refractivity (Wildman–Crippen MR) is 85.1 cm³/mol. The summed E-state index contributed by atoms with van der Waals surface area (Å²) in [7, 11) is 0. The Balaban J connectivity index is 1.75. The maximum absolute atomic E-state index is 10.8. The molecule has 0 atom stereocenters. The van der Waals surface area contributed by atoms with E-state index in [2.05, 4.69) is 20.9 Å². The smallest absolute Gasteiger partial charge is 0.365 e. The third-order valence-electron chi connectivity index (χ3n) is 2.90. The minimum absolute atomic E-state index is 0.0805. The summed E-state index contributed by atoms with van der Waals surface area (Å²) in [6.07, 6.45) is 0. The van der Waals surface area contributed by atoms with Gasteiger partial charge in [0, 0.05) is 9.85 Å². The number of carboxylic acids is 1. The highest BCUT2D eigenvalue weighted by molar-refractivity contribution is 9.10. The number of hydrogen-bond donors (Lipinski definition) is 1. The van der Waals surface area contributed by atoms with Gasteiger partial charge in [-0.3, -0.25) is 0 Å². The van der Waals surface area contributed by atoms with Gasteiger partial charge in [-0.2, -0.15) is 0 Å². The minimum atomic E-state index is -1.01. The van der Waals surface area contributed by atoms with Crippen LogP contribution in [0.15, 0.2) is 46.3 Å². The number of nitrogens with zero attached hydrogens (tertiary/aromatic N) is 1. The molecule has 0 saturated carbocycles. The molecule has 0 amide bonds. The molecule has 0 fully saturated rings. The molecule has 0 aliphatic rings. The maximum atomic E-state index is 10.8. The Morgan fingerprint density at radius 1 is 1.24 bits per heavy atom. The number of ether oxygens (including phenoxy) is 1. The highest BCUT2D eigenvalue weighted by atomic mass is 79.9. The monoisotopic (exact) mass is 363 g/mol. The second kappa shape index (κ2) is 5.83. The van der Waals surface area contributed by atoms with Gasteiger partial charge in [-0.15, -0.1) is 11.3 Å². The first-order valence-corrected chi connectivity index (χ1v) is 7.79. The van der Waals surface area contributed by atoms with Crippen molar-refractivity contribution in [3.05, 3.63) is 57.0 Å². The Bertz CT molecular complexity index is 816. The normalized spacial score (nSPS) is 10.7. The number of aromatic nitrogens is 1. The zero-order valence-electron chi connectivity index (χ0n) is 10.7. The summed E-state index contributed by atoms with van der Waals surface area (Å²) in [4.78, 5) is 14.8. The Morgan fingerprint density at radius 3 is 2.76 bits per heavy atom. The molecule has 106 valence electrons. The van der Waals surface area contributed by atoms with Crippen LogP contribution in [0.3, 0.4) is 0 Å². The molecular weight excluding hydrogens is 354 g/mol. The molecule has 0 bridgehead atoms. The molecule has 1 heterocycles. The van der Waals surface area contributed by atoms with Gasteiger partial charge >= 0.3 is 5.97 Å². The number of carboxylic acid groups (broad SMARTS) is 1. The van der Waals surface area contributed by atoms with E-state index in [0.29, 0.717) is 5.69 Å². The van der Waals surface area contributed by atoms with E-state index >= 15 is 0 Å². The summed E-state index contributed by atoms with van der Waals surface area (Å²) >= 11 is 4.54. The van der Waals surface area contributed by atoms with Crippen LogP contribution in [-0.4, -0.2) is 16.1 Å². The number of fused-ring (bicyclic) bond motifs is 1. The first-order chi connectivity index (χ1) is 10.1. The fourth-order valence-electron chi connectivity index (χ4n) is 1.91. The summed E-state index contributed by atoms with van der Waals surface area (Å²) in [6.45, 7) is 0.256. The van der Waals surface area contributed by atoms with Gasteiger partial charge in [-0.1, -0.05) is 28.1 Å². The number of rotatable bonds is 4. The molecule has 4 nitrogen and oxygen atoms in total. The Hall–Kier alpha value is -1.92. The zero-order chi connectivity index (χ0) is 14.8. The Morgan fingerprint density at radius 2 is 2.00 bits per heavy atom. The van der Waals surface area contributed by atoms with Crippen molar-refractivity contribution in [3.8, 4) is 5.75 Å². The van der Waals surface area contributed by atoms with Crippen LogP contribution >= 0.6 is 27.3 Å². The molecule has 6 heteroatoms. The second-order valence-corrected chi connectivity index (χ2v) is 6.16. The number of halogens is 1. The molecule has 0 spiro atoms. The second-order valence-electron chi connectivity index (χ2n) is 4.39. The Labute approximate surface area is 133 Å². The fraction of sp³-hybridized carbons (Fsp3) is 0.0667. The lowest BCUT2D eigenvalue weighted by Crippen LogP contribution is -1.99. The van der Waals surface area contributed by atoms with Crippen LogP contribution in [0, 0.1) is 0 Å². The van der Waals surface area contributed by atoms with Crippen LogP contribution < -0.4 is 4.74 Å². The summed E-state index contributed by atoms with van der Waals surface area (Å²) in [5.41, 5.74) is 0.619. The summed E-state index contributed by atoms with van der Waals surface area (Å²) in [5.74, 6) is -0.280. The molecule has 0 aliphatic heterocycles. The maximum Gasteiger partial charge on any atom is 0.365 e. The predicted octanol–water partition coefficient (Wildman–Crippen LogP) is 4.34. The van der Waals surface area contributed by atoms with E-state index in [1.807, 2.05) is 36.4 Å². The van der Waals surface area contributed by atoms with Gasteiger partial charge in [0.15, 0.2) is 0 Å². The molecule has 0 aliphatic carbocycles. The molecule has 0 saturated heterocycles. The van der Waals surface area contributed by atoms with Crippen LogP contribution in [0.1, 0.15) is 15.5 Å². The van der Waals surface area contributed by atoms with Crippen molar-refractivity contribution in [2.45, 2.75) is 6.61 Å². The zero-order valence-corrected chi connectivity index (χ0v) is 13.1. The number of carbonyl (C=O) groups is 1. The average molecular weight is 364 g/mol. The van der Waals surface area contributed by atoms with Crippen LogP contribution in [0.4, 0.5) is 0 Å². The van der Waals surface area contributed by atoms with Gasteiger partial charge in [0.1, 0.15) is 12.4 Å². The van der Waals surface area contributed by atoms with E-state index in [1.165, 1.54) is 0 Å². The average Bonchev–Trinajstić information content (AvgIpc) is 2.94. The van der Waals surface area contributed by atoms with Gasteiger partial charge in [-0.05, 0) is 35.0 Å². The van der Waals surface area contributed by atoms with E-state index in [9.17, 15) is 4.79 Å². The number of aromatic carboxylic acids is 1. The molecule has 21 heavy (non-hydrogen) atoms. The van der Waals surface area contributed by atoms with Crippen LogP contribution in [0.5, 0.6) is 5.75 Å². The molecule has 0 radical (unpaired) electrons. The van der Waals surface area contributed by atoms with E-state index in [-0.39, 0.29) is 11.6 Å². The lowest BCUT2D eigenvalue weighted by Gasteiger charge is -2.06. The van der Waals surface area contributed by atoms with E-state index in [4.69, 9.17) is 9.84 Å². The largest absolute Gasteiger partial charge is 0.487 e.